The van der Waals surface area contributed by atoms with Crippen LogP contribution in [-0.2, 0) is 16.0 Å². The Hall–Kier alpha value is -1.44. The molecule has 0 saturated carbocycles. The van der Waals surface area contributed by atoms with Gasteiger partial charge in [-0.15, -0.1) is 0 Å². The van der Waals surface area contributed by atoms with Gasteiger partial charge in [-0.05, 0) is 24.8 Å². The van der Waals surface area contributed by atoms with Crippen molar-refractivity contribution in [3.05, 3.63) is 35.9 Å². The minimum absolute atomic E-state index is 0.130. The SMILES string of the molecule is CCC(=O)C(CCCCCCCCCCc1ccccc1)C(=O)CC. The van der Waals surface area contributed by atoms with Crippen molar-refractivity contribution in [1.29, 1.82) is 0 Å². The summed E-state index contributed by atoms with van der Waals surface area (Å²) in [5.74, 6) is -0.0662. The van der Waals surface area contributed by atoms with Crippen LogP contribution >= 0.6 is 0 Å². The maximum Gasteiger partial charge on any atom is 0.143 e. The molecule has 0 unspecified atom stereocenters. The molecule has 140 valence electrons. The second kappa shape index (κ2) is 13.8. The normalized spacial score (nSPS) is 11.0. The fourth-order valence-electron chi connectivity index (χ4n) is 3.38. The lowest BCUT2D eigenvalue weighted by Gasteiger charge is -2.12. The number of rotatable bonds is 15. The Kier molecular flexibility index (Phi) is 11.9. The van der Waals surface area contributed by atoms with E-state index in [1.165, 1.54) is 50.5 Å². The van der Waals surface area contributed by atoms with Gasteiger partial charge in [0.05, 0.1) is 5.92 Å². The van der Waals surface area contributed by atoms with Crippen LogP contribution in [0.4, 0.5) is 0 Å². The van der Waals surface area contributed by atoms with Crippen molar-refractivity contribution < 1.29 is 9.59 Å². The molecule has 0 N–H and O–H groups in total. The molecule has 0 aliphatic carbocycles. The molecule has 0 spiro atoms. The van der Waals surface area contributed by atoms with Crippen LogP contribution in [0.15, 0.2) is 30.3 Å². The summed E-state index contributed by atoms with van der Waals surface area (Å²) in [6.07, 6.45) is 12.8. The molecule has 1 rings (SSSR count). The minimum atomic E-state index is -0.326. The number of hydrogen-bond acceptors (Lipinski definition) is 2. The van der Waals surface area contributed by atoms with Crippen LogP contribution in [0.25, 0.3) is 0 Å². The lowest BCUT2D eigenvalue weighted by molar-refractivity contribution is -0.132. The zero-order valence-corrected chi connectivity index (χ0v) is 16.3. The zero-order chi connectivity index (χ0) is 18.3. The van der Waals surface area contributed by atoms with E-state index in [-0.39, 0.29) is 17.5 Å². The molecule has 1 aromatic carbocycles. The van der Waals surface area contributed by atoms with Crippen LogP contribution in [0.2, 0.25) is 0 Å². The first-order valence-electron chi connectivity index (χ1n) is 10.3. The summed E-state index contributed by atoms with van der Waals surface area (Å²) in [6, 6.07) is 10.7. The summed E-state index contributed by atoms with van der Waals surface area (Å²) < 4.78 is 0. The highest BCUT2D eigenvalue weighted by Gasteiger charge is 2.22. The van der Waals surface area contributed by atoms with Crippen molar-refractivity contribution in [2.75, 3.05) is 0 Å². The highest BCUT2D eigenvalue weighted by molar-refractivity contribution is 6.02. The van der Waals surface area contributed by atoms with Gasteiger partial charge in [0.2, 0.25) is 0 Å². The van der Waals surface area contributed by atoms with E-state index in [2.05, 4.69) is 30.3 Å². The van der Waals surface area contributed by atoms with Gasteiger partial charge in [-0.3, -0.25) is 9.59 Å². The molecule has 1 aromatic rings. The molecule has 0 aliphatic rings. The van der Waals surface area contributed by atoms with Crippen molar-refractivity contribution >= 4 is 11.6 Å². The van der Waals surface area contributed by atoms with Gasteiger partial charge in [0.25, 0.3) is 0 Å². The quantitative estimate of drug-likeness (QED) is 0.276. The van der Waals surface area contributed by atoms with Gasteiger partial charge in [0.1, 0.15) is 11.6 Å². The maximum atomic E-state index is 11.9. The minimum Gasteiger partial charge on any atom is -0.299 e. The molecule has 0 bridgehead atoms. The Morgan fingerprint density at radius 3 is 1.72 bits per heavy atom. The first-order chi connectivity index (χ1) is 12.2. The Bertz CT molecular complexity index is 462. The standard InChI is InChI=1S/C23H36O2/c1-3-22(24)21(23(25)4-2)19-15-10-8-6-5-7-9-12-16-20-17-13-11-14-18-20/h11,13-14,17-18,21H,3-10,12,15-16,19H2,1-2H3. The monoisotopic (exact) mass is 344 g/mol. The molecule has 25 heavy (non-hydrogen) atoms. The second-order valence-electron chi connectivity index (χ2n) is 7.05. The summed E-state index contributed by atoms with van der Waals surface area (Å²) in [6.45, 7) is 3.71. The fourth-order valence-corrected chi connectivity index (χ4v) is 3.38. The van der Waals surface area contributed by atoms with E-state index in [9.17, 15) is 9.59 Å². The molecule has 0 heterocycles. The number of Topliss-reactive ketones (excluding diaryl/α,β-unsaturated/α-hetero) is 2. The van der Waals surface area contributed by atoms with Gasteiger partial charge >= 0.3 is 0 Å². The third-order valence-corrected chi connectivity index (χ3v) is 5.03. The van der Waals surface area contributed by atoms with E-state index in [1.54, 1.807) is 0 Å². The van der Waals surface area contributed by atoms with E-state index < -0.39 is 0 Å². The van der Waals surface area contributed by atoms with Crippen LogP contribution in [0, 0.1) is 5.92 Å². The van der Waals surface area contributed by atoms with Gasteiger partial charge in [-0.25, -0.2) is 0 Å². The van der Waals surface area contributed by atoms with E-state index in [0.717, 1.165) is 19.3 Å². The summed E-state index contributed by atoms with van der Waals surface area (Å²) in [5, 5.41) is 0. The number of ketones is 2. The largest absolute Gasteiger partial charge is 0.299 e. The first-order valence-corrected chi connectivity index (χ1v) is 10.3. The van der Waals surface area contributed by atoms with Crippen molar-refractivity contribution in [1.82, 2.24) is 0 Å². The third-order valence-electron chi connectivity index (χ3n) is 5.03. The smallest absolute Gasteiger partial charge is 0.143 e. The third kappa shape index (κ3) is 9.57. The van der Waals surface area contributed by atoms with E-state index in [4.69, 9.17) is 0 Å². The number of benzene rings is 1. The van der Waals surface area contributed by atoms with Gasteiger partial charge in [0.15, 0.2) is 0 Å². The van der Waals surface area contributed by atoms with Crippen LogP contribution in [0.5, 0.6) is 0 Å². The van der Waals surface area contributed by atoms with Crippen molar-refractivity contribution in [3.63, 3.8) is 0 Å². The molecule has 0 saturated heterocycles. The molecule has 0 radical (unpaired) electrons. The predicted molar refractivity (Wildman–Crippen MR) is 106 cm³/mol. The molecular weight excluding hydrogens is 308 g/mol. The summed E-state index contributed by atoms with van der Waals surface area (Å²) >= 11 is 0. The molecule has 2 nitrogen and oxygen atoms in total. The van der Waals surface area contributed by atoms with Crippen LogP contribution in [0.1, 0.15) is 90.0 Å². The lowest BCUT2D eigenvalue weighted by atomic mass is 9.90. The highest BCUT2D eigenvalue weighted by atomic mass is 16.1. The lowest BCUT2D eigenvalue weighted by Crippen LogP contribution is -2.22. The Labute approximate surface area is 154 Å². The van der Waals surface area contributed by atoms with Crippen LogP contribution in [-0.4, -0.2) is 11.6 Å². The average molecular weight is 345 g/mol. The average Bonchev–Trinajstić information content (AvgIpc) is 2.66. The number of hydrogen-bond donors (Lipinski definition) is 0. The molecule has 0 fully saturated rings. The predicted octanol–water partition coefficient (Wildman–Crippen LogP) is 6.31. The van der Waals surface area contributed by atoms with Gasteiger partial charge < -0.3 is 0 Å². The zero-order valence-electron chi connectivity index (χ0n) is 16.3. The molecular formula is C23H36O2. The maximum absolute atomic E-state index is 11.9. The number of carbonyl (C=O) groups is 2. The van der Waals surface area contributed by atoms with Crippen molar-refractivity contribution in [3.8, 4) is 0 Å². The Balaban J connectivity index is 1.99. The van der Waals surface area contributed by atoms with Crippen LogP contribution in [0.3, 0.4) is 0 Å². The Morgan fingerprint density at radius 1 is 0.720 bits per heavy atom. The Morgan fingerprint density at radius 2 is 1.20 bits per heavy atom. The van der Waals surface area contributed by atoms with E-state index >= 15 is 0 Å². The van der Waals surface area contributed by atoms with Crippen LogP contribution < -0.4 is 0 Å². The van der Waals surface area contributed by atoms with E-state index in [1.807, 2.05) is 13.8 Å². The van der Waals surface area contributed by atoms with Gasteiger partial charge in [-0.2, -0.15) is 0 Å². The fraction of sp³-hybridized carbons (Fsp3) is 0.652. The first kappa shape index (κ1) is 21.6. The molecule has 0 amide bonds. The molecule has 0 aromatic heterocycles. The van der Waals surface area contributed by atoms with Crippen molar-refractivity contribution in [2.24, 2.45) is 5.92 Å². The number of carbonyl (C=O) groups excluding carboxylic acids is 2. The summed E-state index contributed by atoms with van der Waals surface area (Å²) in [4.78, 5) is 23.7. The highest BCUT2D eigenvalue weighted by Crippen LogP contribution is 2.17. The molecule has 2 heteroatoms. The topological polar surface area (TPSA) is 34.1 Å². The summed E-state index contributed by atoms with van der Waals surface area (Å²) in [5.41, 5.74) is 1.44. The molecule has 0 atom stereocenters. The number of unbranched alkanes of at least 4 members (excludes halogenated alkanes) is 7. The number of aryl methyl sites for hydroxylation is 1. The summed E-state index contributed by atoms with van der Waals surface area (Å²) in [7, 11) is 0. The van der Waals surface area contributed by atoms with Gasteiger partial charge in [0, 0.05) is 12.8 Å². The second-order valence-corrected chi connectivity index (χ2v) is 7.05. The van der Waals surface area contributed by atoms with E-state index in [0.29, 0.717) is 12.8 Å². The molecule has 0 aliphatic heterocycles. The van der Waals surface area contributed by atoms with Gasteiger partial charge in [-0.1, -0.05) is 89.1 Å². The van der Waals surface area contributed by atoms with Crippen molar-refractivity contribution in [2.45, 2.75) is 90.9 Å².